The second kappa shape index (κ2) is 6.73. The van der Waals surface area contributed by atoms with E-state index >= 15 is 0 Å². The van der Waals surface area contributed by atoms with Crippen molar-refractivity contribution < 1.29 is 4.79 Å². The number of rotatable bonds is 4. The normalized spacial score (nSPS) is 15.0. The van der Waals surface area contributed by atoms with Gasteiger partial charge in [0.2, 0.25) is 5.91 Å². The van der Waals surface area contributed by atoms with Crippen LogP contribution in [0, 0.1) is 20.8 Å². The van der Waals surface area contributed by atoms with Crippen LogP contribution >= 0.6 is 0 Å². The maximum absolute atomic E-state index is 12.6. The van der Waals surface area contributed by atoms with Crippen LogP contribution in [0.15, 0.2) is 12.3 Å². The number of pyridine rings is 1. The molecule has 24 heavy (non-hydrogen) atoms. The first-order valence-electron chi connectivity index (χ1n) is 8.44. The van der Waals surface area contributed by atoms with Crippen LogP contribution in [0.25, 0.3) is 0 Å². The Kier molecular flexibility index (Phi) is 4.66. The summed E-state index contributed by atoms with van der Waals surface area (Å²) in [5, 5.41) is 10.8. The van der Waals surface area contributed by atoms with Gasteiger partial charge in [-0.1, -0.05) is 0 Å². The minimum Gasteiger partial charge on any atom is -0.350 e. The van der Waals surface area contributed by atoms with Crippen molar-refractivity contribution in [1.29, 1.82) is 0 Å². The average Bonchev–Trinajstić information content (AvgIpc) is 2.91. The molecule has 6 heteroatoms. The van der Waals surface area contributed by atoms with Crippen LogP contribution in [-0.2, 0) is 24.3 Å². The number of aromatic nitrogens is 3. The Morgan fingerprint density at radius 2 is 2.21 bits per heavy atom. The summed E-state index contributed by atoms with van der Waals surface area (Å²) < 4.78 is 1.78. The predicted molar refractivity (Wildman–Crippen MR) is 92.6 cm³/mol. The standard InChI is InChI=1S/C18H25N5O/c1-11-7-12(2)23(22-11)14(4)18(24)21-10-17-13(3)20-9-15-8-19-6-5-16(15)17/h7,9,14,19H,5-6,8,10H2,1-4H3,(H,21,24)/t14-/m1/s1. The molecule has 1 aliphatic rings. The topological polar surface area (TPSA) is 71.8 Å². The smallest absolute Gasteiger partial charge is 0.244 e. The molecule has 0 saturated carbocycles. The maximum atomic E-state index is 12.6. The fourth-order valence-electron chi connectivity index (χ4n) is 3.35. The number of amides is 1. The lowest BCUT2D eigenvalue weighted by Crippen LogP contribution is -2.33. The zero-order chi connectivity index (χ0) is 17.3. The van der Waals surface area contributed by atoms with Gasteiger partial charge in [-0.2, -0.15) is 5.10 Å². The Morgan fingerprint density at radius 3 is 2.92 bits per heavy atom. The molecule has 128 valence electrons. The number of fused-ring (bicyclic) bond motifs is 1. The third kappa shape index (κ3) is 3.19. The number of carbonyl (C=O) groups is 1. The predicted octanol–water partition coefficient (Wildman–Crippen LogP) is 1.73. The number of nitrogens with zero attached hydrogens (tertiary/aromatic N) is 3. The van der Waals surface area contributed by atoms with Crippen molar-refractivity contribution in [2.45, 2.75) is 53.2 Å². The van der Waals surface area contributed by atoms with Gasteiger partial charge in [0.25, 0.3) is 0 Å². The summed E-state index contributed by atoms with van der Waals surface area (Å²) in [6.07, 6.45) is 2.93. The number of hydrogen-bond acceptors (Lipinski definition) is 4. The van der Waals surface area contributed by atoms with Gasteiger partial charge >= 0.3 is 0 Å². The van der Waals surface area contributed by atoms with E-state index in [2.05, 4.69) is 20.7 Å². The van der Waals surface area contributed by atoms with Crippen LogP contribution in [0.5, 0.6) is 0 Å². The van der Waals surface area contributed by atoms with Crippen molar-refractivity contribution in [3.05, 3.63) is 46.0 Å². The number of nitrogens with one attached hydrogen (secondary N) is 2. The SMILES string of the molecule is Cc1cc(C)n([C@H](C)C(=O)NCc2c(C)ncc3c2CCNC3)n1. The lowest BCUT2D eigenvalue weighted by Gasteiger charge is -2.22. The summed E-state index contributed by atoms with van der Waals surface area (Å²) in [7, 11) is 0. The molecule has 0 unspecified atom stereocenters. The first kappa shape index (κ1) is 16.6. The Balaban J connectivity index is 1.74. The van der Waals surface area contributed by atoms with Crippen molar-refractivity contribution in [3.63, 3.8) is 0 Å². The molecule has 1 atom stereocenters. The van der Waals surface area contributed by atoms with E-state index in [1.54, 1.807) is 4.68 Å². The largest absolute Gasteiger partial charge is 0.350 e. The monoisotopic (exact) mass is 327 g/mol. The van der Waals surface area contributed by atoms with E-state index in [-0.39, 0.29) is 11.9 Å². The summed E-state index contributed by atoms with van der Waals surface area (Å²) in [5.41, 5.74) is 6.65. The van der Waals surface area contributed by atoms with Gasteiger partial charge in [0, 0.05) is 30.7 Å². The van der Waals surface area contributed by atoms with Gasteiger partial charge in [0.15, 0.2) is 0 Å². The van der Waals surface area contributed by atoms with E-state index in [4.69, 9.17) is 0 Å². The molecule has 2 aromatic heterocycles. The number of carbonyl (C=O) groups excluding carboxylic acids is 1. The summed E-state index contributed by atoms with van der Waals surface area (Å²) >= 11 is 0. The average molecular weight is 327 g/mol. The number of hydrogen-bond donors (Lipinski definition) is 2. The van der Waals surface area contributed by atoms with Crippen LogP contribution in [0.2, 0.25) is 0 Å². The summed E-state index contributed by atoms with van der Waals surface area (Å²) in [6.45, 7) is 10.1. The molecular formula is C18H25N5O. The van der Waals surface area contributed by atoms with Crippen molar-refractivity contribution in [1.82, 2.24) is 25.4 Å². The third-order valence-electron chi connectivity index (χ3n) is 4.70. The lowest BCUT2D eigenvalue weighted by molar-refractivity contribution is -0.124. The van der Waals surface area contributed by atoms with E-state index in [1.807, 2.05) is 40.0 Å². The first-order valence-corrected chi connectivity index (χ1v) is 8.44. The highest BCUT2D eigenvalue weighted by Gasteiger charge is 2.20. The van der Waals surface area contributed by atoms with Crippen LogP contribution in [0.3, 0.4) is 0 Å². The molecule has 0 fully saturated rings. The highest BCUT2D eigenvalue weighted by Crippen LogP contribution is 2.20. The fourth-order valence-corrected chi connectivity index (χ4v) is 3.35. The van der Waals surface area contributed by atoms with E-state index in [0.29, 0.717) is 6.54 Å². The minimum atomic E-state index is -0.326. The molecule has 3 rings (SSSR count). The second-order valence-electron chi connectivity index (χ2n) is 6.52. The van der Waals surface area contributed by atoms with Gasteiger partial charge in [-0.05, 0) is 63.4 Å². The van der Waals surface area contributed by atoms with Gasteiger partial charge < -0.3 is 10.6 Å². The molecule has 1 amide bonds. The molecular weight excluding hydrogens is 302 g/mol. The van der Waals surface area contributed by atoms with E-state index < -0.39 is 0 Å². The molecule has 2 N–H and O–H groups in total. The fraction of sp³-hybridized carbons (Fsp3) is 0.500. The Morgan fingerprint density at radius 1 is 1.42 bits per heavy atom. The number of aryl methyl sites for hydroxylation is 3. The van der Waals surface area contributed by atoms with Gasteiger partial charge in [0.1, 0.15) is 6.04 Å². The Bertz CT molecular complexity index is 765. The Hall–Kier alpha value is -2.21. The zero-order valence-electron chi connectivity index (χ0n) is 14.8. The van der Waals surface area contributed by atoms with Crippen molar-refractivity contribution >= 4 is 5.91 Å². The Labute approximate surface area is 142 Å². The molecule has 2 aromatic rings. The highest BCUT2D eigenvalue weighted by atomic mass is 16.2. The first-order chi connectivity index (χ1) is 11.5. The summed E-state index contributed by atoms with van der Waals surface area (Å²) in [5.74, 6) is -0.0212. The maximum Gasteiger partial charge on any atom is 0.244 e. The second-order valence-corrected chi connectivity index (χ2v) is 6.52. The molecule has 0 radical (unpaired) electrons. The van der Waals surface area contributed by atoms with Crippen LogP contribution in [-0.4, -0.2) is 27.2 Å². The molecule has 0 aromatic carbocycles. The minimum absolute atomic E-state index is 0.0212. The molecule has 3 heterocycles. The van der Waals surface area contributed by atoms with Crippen LogP contribution < -0.4 is 10.6 Å². The van der Waals surface area contributed by atoms with Crippen LogP contribution in [0.4, 0.5) is 0 Å². The van der Waals surface area contributed by atoms with Gasteiger partial charge in [-0.25, -0.2) is 0 Å². The molecule has 0 bridgehead atoms. The van der Waals surface area contributed by atoms with Crippen molar-refractivity contribution in [2.75, 3.05) is 6.54 Å². The van der Waals surface area contributed by atoms with Gasteiger partial charge in [0.05, 0.1) is 5.69 Å². The van der Waals surface area contributed by atoms with E-state index in [1.165, 1.54) is 11.1 Å². The summed E-state index contributed by atoms with van der Waals surface area (Å²) in [4.78, 5) is 17.0. The summed E-state index contributed by atoms with van der Waals surface area (Å²) in [6, 6.07) is 1.66. The van der Waals surface area contributed by atoms with Gasteiger partial charge in [-0.3, -0.25) is 14.5 Å². The van der Waals surface area contributed by atoms with Crippen molar-refractivity contribution in [3.8, 4) is 0 Å². The van der Waals surface area contributed by atoms with Gasteiger partial charge in [-0.15, -0.1) is 0 Å². The molecule has 0 aliphatic carbocycles. The molecule has 0 spiro atoms. The third-order valence-corrected chi connectivity index (χ3v) is 4.70. The molecule has 0 saturated heterocycles. The van der Waals surface area contributed by atoms with Crippen LogP contribution in [0.1, 0.15) is 46.7 Å². The van der Waals surface area contributed by atoms with E-state index in [0.717, 1.165) is 42.2 Å². The molecule has 1 aliphatic heterocycles. The quantitative estimate of drug-likeness (QED) is 0.897. The highest BCUT2D eigenvalue weighted by molar-refractivity contribution is 5.79. The van der Waals surface area contributed by atoms with E-state index in [9.17, 15) is 4.79 Å². The van der Waals surface area contributed by atoms with Crippen molar-refractivity contribution in [2.24, 2.45) is 0 Å². The zero-order valence-corrected chi connectivity index (χ0v) is 14.8. The molecule has 6 nitrogen and oxygen atoms in total. The lowest BCUT2D eigenvalue weighted by atomic mass is 9.96.